The van der Waals surface area contributed by atoms with E-state index in [1.54, 1.807) is 12.1 Å². The molecule has 0 radical (unpaired) electrons. The van der Waals surface area contributed by atoms with Crippen molar-refractivity contribution in [1.82, 2.24) is 5.32 Å². The van der Waals surface area contributed by atoms with Gasteiger partial charge in [-0.05, 0) is 24.1 Å². The standard InChI is InChI=1S/C12H17NO4S/c1-18(16,17)7-3-6-13-12(15)9-10-4-2-5-11(14)8-10/h2,4-5,8,14H,3,6-7,9H2,1H3,(H,13,15). The van der Waals surface area contributed by atoms with Gasteiger partial charge in [-0.1, -0.05) is 12.1 Å². The first-order valence-corrected chi connectivity index (χ1v) is 7.65. The van der Waals surface area contributed by atoms with Gasteiger partial charge >= 0.3 is 0 Å². The van der Waals surface area contributed by atoms with Gasteiger partial charge in [0, 0.05) is 12.8 Å². The summed E-state index contributed by atoms with van der Waals surface area (Å²) < 4.78 is 21.7. The van der Waals surface area contributed by atoms with Crippen LogP contribution >= 0.6 is 0 Å². The van der Waals surface area contributed by atoms with Crippen molar-refractivity contribution in [1.29, 1.82) is 0 Å². The number of hydrogen-bond donors (Lipinski definition) is 2. The molecule has 1 amide bonds. The number of hydrogen-bond acceptors (Lipinski definition) is 4. The van der Waals surface area contributed by atoms with E-state index in [9.17, 15) is 18.3 Å². The molecule has 0 unspecified atom stereocenters. The number of carbonyl (C=O) groups excluding carboxylic acids is 1. The molecule has 6 heteroatoms. The van der Waals surface area contributed by atoms with E-state index >= 15 is 0 Å². The molecule has 0 saturated carbocycles. The highest BCUT2D eigenvalue weighted by atomic mass is 32.2. The van der Waals surface area contributed by atoms with Gasteiger partial charge in [0.1, 0.15) is 15.6 Å². The molecule has 2 N–H and O–H groups in total. The van der Waals surface area contributed by atoms with Gasteiger partial charge in [-0.15, -0.1) is 0 Å². The number of aromatic hydroxyl groups is 1. The van der Waals surface area contributed by atoms with Crippen LogP contribution in [0.25, 0.3) is 0 Å². The van der Waals surface area contributed by atoms with Crippen molar-refractivity contribution in [2.75, 3.05) is 18.6 Å². The number of amides is 1. The second kappa shape index (κ2) is 6.39. The molecule has 18 heavy (non-hydrogen) atoms. The smallest absolute Gasteiger partial charge is 0.224 e. The summed E-state index contributed by atoms with van der Waals surface area (Å²) >= 11 is 0. The Hall–Kier alpha value is -1.56. The second-order valence-electron chi connectivity index (χ2n) is 4.18. The third-order valence-corrected chi connectivity index (χ3v) is 3.32. The van der Waals surface area contributed by atoms with Crippen LogP contribution in [0.2, 0.25) is 0 Å². The fourth-order valence-electron chi connectivity index (χ4n) is 1.48. The van der Waals surface area contributed by atoms with Crippen molar-refractivity contribution in [3.05, 3.63) is 29.8 Å². The minimum atomic E-state index is -2.97. The van der Waals surface area contributed by atoms with Crippen LogP contribution in [0.3, 0.4) is 0 Å². The summed E-state index contributed by atoms with van der Waals surface area (Å²) in [6.45, 7) is 0.338. The largest absolute Gasteiger partial charge is 0.508 e. The Kier molecular flexibility index (Phi) is 5.15. The number of phenols is 1. The monoisotopic (exact) mass is 271 g/mol. The van der Waals surface area contributed by atoms with Gasteiger partial charge in [0.05, 0.1) is 12.2 Å². The minimum absolute atomic E-state index is 0.0689. The molecule has 0 spiro atoms. The van der Waals surface area contributed by atoms with Gasteiger partial charge in [0.2, 0.25) is 5.91 Å². The molecule has 0 aliphatic rings. The van der Waals surface area contributed by atoms with E-state index < -0.39 is 9.84 Å². The first-order valence-electron chi connectivity index (χ1n) is 5.59. The molecule has 0 aromatic heterocycles. The first kappa shape index (κ1) is 14.5. The lowest BCUT2D eigenvalue weighted by molar-refractivity contribution is -0.120. The Morgan fingerprint density at radius 2 is 2.11 bits per heavy atom. The average Bonchev–Trinajstić information content (AvgIpc) is 2.23. The van der Waals surface area contributed by atoms with E-state index in [1.165, 1.54) is 18.4 Å². The molecule has 100 valence electrons. The Morgan fingerprint density at radius 1 is 1.39 bits per heavy atom. The zero-order valence-electron chi connectivity index (χ0n) is 10.2. The first-order chi connectivity index (χ1) is 8.37. The van der Waals surface area contributed by atoms with E-state index in [2.05, 4.69) is 5.32 Å². The third-order valence-electron chi connectivity index (χ3n) is 2.29. The maximum Gasteiger partial charge on any atom is 0.224 e. The lowest BCUT2D eigenvalue weighted by atomic mass is 10.1. The van der Waals surface area contributed by atoms with Crippen LogP contribution in [0.5, 0.6) is 5.75 Å². The Balaban J connectivity index is 2.30. The van der Waals surface area contributed by atoms with Crippen molar-refractivity contribution in [2.24, 2.45) is 0 Å². The second-order valence-corrected chi connectivity index (χ2v) is 6.44. The van der Waals surface area contributed by atoms with E-state index in [1.807, 2.05) is 0 Å². The van der Waals surface area contributed by atoms with Crippen LogP contribution in [-0.2, 0) is 21.1 Å². The van der Waals surface area contributed by atoms with Crippen LogP contribution in [0.4, 0.5) is 0 Å². The average molecular weight is 271 g/mol. The van der Waals surface area contributed by atoms with Crippen molar-refractivity contribution in [3.8, 4) is 5.75 Å². The van der Waals surface area contributed by atoms with Crippen LogP contribution < -0.4 is 5.32 Å². The number of carbonyl (C=O) groups is 1. The fourth-order valence-corrected chi connectivity index (χ4v) is 2.15. The SMILES string of the molecule is CS(=O)(=O)CCCNC(=O)Cc1cccc(O)c1. The molecule has 0 aliphatic carbocycles. The number of phenolic OH excluding ortho intramolecular Hbond substituents is 1. The van der Waals surface area contributed by atoms with Crippen molar-refractivity contribution >= 4 is 15.7 Å². The Labute approximate surface area is 107 Å². The van der Waals surface area contributed by atoms with Gasteiger partial charge in [0.25, 0.3) is 0 Å². The van der Waals surface area contributed by atoms with E-state index in [0.717, 1.165) is 5.56 Å². The molecule has 0 fully saturated rings. The van der Waals surface area contributed by atoms with Crippen molar-refractivity contribution in [2.45, 2.75) is 12.8 Å². The van der Waals surface area contributed by atoms with Gasteiger partial charge in [0.15, 0.2) is 0 Å². The van der Waals surface area contributed by atoms with Gasteiger partial charge in [-0.25, -0.2) is 8.42 Å². The maximum absolute atomic E-state index is 11.5. The molecule has 0 atom stereocenters. The molecule has 0 bridgehead atoms. The van der Waals surface area contributed by atoms with E-state index in [0.29, 0.717) is 13.0 Å². The molecule has 1 rings (SSSR count). The zero-order valence-corrected chi connectivity index (χ0v) is 11.0. The Bertz CT molecular complexity index is 511. The maximum atomic E-state index is 11.5. The quantitative estimate of drug-likeness (QED) is 0.737. The summed E-state index contributed by atoms with van der Waals surface area (Å²) in [5.41, 5.74) is 0.718. The minimum Gasteiger partial charge on any atom is -0.508 e. The molecule has 5 nitrogen and oxygen atoms in total. The summed E-state index contributed by atoms with van der Waals surface area (Å²) in [6.07, 6.45) is 1.75. The van der Waals surface area contributed by atoms with Crippen LogP contribution in [-0.4, -0.2) is 38.0 Å². The van der Waals surface area contributed by atoms with Crippen LogP contribution in [0.15, 0.2) is 24.3 Å². The summed E-state index contributed by atoms with van der Waals surface area (Å²) in [5.74, 6) is 0.00541. The number of rotatable bonds is 6. The molecule has 0 saturated heterocycles. The number of benzene rings is 1. The summed E-state index contributed by atoms with van der Waals surface area (Å²) in [5, 5.41) is 11.9. The fraction of sp³-hybridized carbons (Fsp3) is 0.417. The van der Waals surface area contributed by atoms with E-state index in [-0.39, 0.29) is 23.8 Å². The third kappa shape index (κ3) is 6.24. The zero-order chi connectivity index (χ0) is 13.6. The van der Waals surface area contributed by atoms with Gasteiger partial charge in [-0.3, -0.25) is 4.79 Å². The number of sulfone groups is 1. The van der Waals surface area contributed by atoms with Crippen LogP contribution in [0.1, 0.15) is 12.0 Å². The molecule has 1 aromatic carbocycles. The lowest BCUT2D eigenvalue weighted by Crippen LogP contribution is -2.27. The Morgan fingerprint density at radius 3 is 2.72 bits per heavy atom. The summed E-state index contributed by atoms with van der Waals surface area (Å²) in [7, 11) is -2.97. The highest BCUT2D eigenvalue weighted by Crippen LogP contribution is 2.11. The van der Waals surface area contributed by atoms with Gasteiger partial charge < -0.3 is 10.4 Å². The van der Waals surface area contributed by atoms with Crippen molar-refractivity contribution < 1.29 is 18.3 Å². The molecule has 0 heterocycles. The molecule has 0 aliphatic heterocycles. The van der Waals surface area contributed by atoms with Crippen molar-refractivity contribution in [3.63, 3.8) is 0 Å². The topological polar surface area (TPSA) is 83.5 Å². The van der Waals surface area contributed by atoms with Gasteiger partial charge in [-0.2, -0.15) is 0 Å². The highest BCUT2D eigenvalue weighted by Gasteiger charge is 2.05. The van der Waals surface area contributed by atoms with E-state index in [4.69, 9.17) is 0 Å². The summed E-state index contributed by atoms with van der Waals surface area (Å²) in [4.78, 5) is 11.5. The summed E-state index contributed by atoms with van der Waals surface area (Å²) in [6, 6.07) is 6.47. The normalized spacial score (nSPS) is 11.2. The molecule has 1 aromatic rings. The molecular weight excluding hydrogens is 254 g/mol. The highest BCUT2D eigenvalue weighted by molar-refractivity contribution is 7.90. The predicted octanol–water partition coefficient (Wildman–Crippen LogP) is 0.486. The lowest BCUT2D eigenvalue weighted by Gasteiger charge is -2.05. The number of nitrogens with one attached hydrogen (secondary N) is 1. The van der Waals surface area contributed by atoms with Crippen LogP contribution in [0, 0.1) is 0 Å². The predicted molar refractivity (Wildman–Crippen MR) is 69.1 cm³/mol. The molecular formula is C12H17NO4S.